The maximum absolute atomic E-state index is 12.1. The van der Waals surface area contributed by atoms with Gasteiger partial charge in [-0.05, 0) is 88.4 Å². The highest BCUT2D eigenvalue weighted by Crippen LogP contribution is 2.48. The molecule has 156 valence electrons. The molecule has 3 nitrogen and oxygen atoms in total. The summed E-state index contributed by atoms with van der Waals surface area (Å²) in [7, 11) is 0. The van der Waals surface area contributed by atoms with Gasteiger partial charge >= 0.3 is 0 Å². The van der Waals surface area contributed by atoms with Crippen molar-refractivity contribution < 1.29 is 9.59 Å². The van der Waals surface area contributed by atoms with E-state index in [9.17, 15) is 9.59 Å². The summed E-state index contributed by atoms with van der Waals surface area (Å²) in [5, 5.41) is 2.61. The van der Waals surface area contributed by atoms with Crippen LogP contribution in [0.15, 0.2) is 35.2 Å². The normalized spacial score (nSPS) is 20.9. The second-order valence-electron chi connectivity index (χ2n) is 9.54. The van der Waals surface area contributed by atoms with Gasteiger partial charge in [-0.1, -0.05) is 57.5 Å². The standard InChI is InChI=1S/C25H26ClNO2S/c1-14-11-17-18(25(4,5)10-9-24(17,2)3)13-16(14)21-15(7-6-8-19(21)26)12-20-22(28)27-23(29)30-20/h6-8,11-13H,9-10H2,1-5H3,(H,27,28,29). The number of carbonyl (C=O) groups excluding carboxylic acids is 2. The van der Waals surface area contributed by atoms with Crippen LogP contribution in [0, 0.1) is 6.92 Å². The molecule has 1 aliphatic carbocycles. The van der Waals surface area contributed by atoms with E-state index >= 15 is 0 Å². The second kappa shape index (κ2) is 7.28. The van der Waals surface area contributed by atoms with Crippen LogP contribution in [0.25, 0.3) is 17.2 Å². The van der Waals surface area contributed by atoms with Crippen molar-refractivity contribution in [3.05, 3.63) is 62.5 Å². The molecule has 1 aliphatic heterocycles. The number of hydrogen-bond acceptors (Lipinski definition) is 3. The van der Waals surface area contributed by atoms with Crippen molar-refractivity contribution >= 4 is 40.6 Å². The molecule has 0 spiro atoms. The van der Waals surface area contributed by atoms with Crippen molar-refractivity contribution in [2.45, 2.75) is 58.3 Å². The molecule has 0 unspecified atom stereocenters. The van der Waals surface area contributed by atoms with Gasteiger partial charge in [-0.15, -0.1) is 0 Å². The Morgan fingerprint density at radius 1 is 1.03 bits per heavy atom. The summed E-state index contributed by atoms with van der Waals surface area (Å²) in [5.74, 6) is -0.360. The highest BCUT2D eigenvalue weighted by Gasteiger charge is 2.37. The molecule has 0 aromatic heterocycles. The van der Waals surface area contributed by atoms with Gasteiger partial charge in [-0.25, -0.2) is 0 Å². The van der Waals surface area contributed by atoms with E-state index in [1.807, 2.05) is 18.2 Å². The molecule has 1 N–H and O–H groups in total. The van der Waals surface area contributed by atoms with E-state index in [-0.39, 0.29) is 22.0 Å². The Hall–Kier alpha value is -2.04. The summed E-state index contributed by atoms with van der Waals surface area (Å²) in [6.07, 6.45) is 4.06. The van der Waals surface area contributed by atoms with Crippen LogP contribution in [-0.2, 0) is 15.6 Å². The summed E-state index contributed by atoms with van der Waals surface area (Å²) in [6, 6.07) is 10.3. The van der Waals surface area contributed by atoms with Crippen molar-refractivity contribution in [1.82, 2.24) is 5.32 Å². The van der Waals surface area contributed by atoms with Crippen molar-refractivity contribution in [3.63, 3.8) is 0 Å². The van der Waals surface area contributed by atoms with Gasteiger partial charge in [0, 0.05) is 10.6 Å². The minimum atomic E-state index is -0.360. The number of amides is 2. The maximum Gasteiger partial charge on any atom is 0.290 e. The van der Waals surface area contributed by atoms with Crippen LogP contribution in [0.4, 0.5) is 4.79 Å². The zero-order chi connectivity index (χ0) is 21.8. The lowest BCUT2D eigenvalue weighted by Crippen LogP contribution is -2.34. The highest BCUT2D eigenvalue weighted by atomic mass is 35.5. The highest BCUT2D eigenvalue weighted by molar-refractivity contribution is 8.18. The smallest absolute Gasteiger partial charge is 0.282 e. The number of carbonyl (C=O) groups is 2. The molecule has 0 saturated carbocycles. The van der Waals surface area contributed by atoms with Crippen LogP contribution in [0.1, 0.15) is 62.8 Å². The van der Waals surface area contributed by atoms with E-state index < -0.39 is 0 Å². The van der Waals surface area contributed by atoms with Gasteiger partial charge in [0.1, 0.15) is 0 Å². The summed E-state index contributed by atoms with van der Waals surface area (Å²) in [6.45, 7) is 11.4. The van der Waals surface area contributed by atoms with E-state index in [2.05, 4.69) is 52.1 Å². The molecule has 0 radical (unpaired) electrons. The molecule has 30 heavy (non-hydrogen) atoms. The van der Waals surface area contributed by atoms with Crippen LogP contribution < -0.4 is 5.32 Å². The SMILES string of the molecule is Cc1cc2c(cc1-c1c(Cl)cccc1C=C1SC(=O)NC1=O)C(C)(C)CCC2(C)C. The maximum atomic E-state index is 12.1. The molecule has 0 bridgehead atoms. The first-order chi connectivity index (χ1) is 14.0. The number of rotatable bonds is 2. The summed E-state index contributed by atoms with van der Waals surface area (Å²) >= 11 is 7.62. The lowest BCUT2D eigenvalue weighted by molar-refractivity contribution is -0.115. The number of imide groups is 1. The van der Waals surface area contributed by atoms with Gasteiger partial charge in [0.25, 0.3) is 11.1 Å². The van der Waals surface area contributed by atoms with Gasteiger partial charge in [0.05, 0.1) is 4.91 Å². The number of thioether (sulfide) groups is 1. The predicted octanol–water partition coefficient (Wildman–Crippen LogP) is 6.99. The van der Waals surface area contributed by atoms with Gasteiger partial charge in [0.15, 0.2) is 0 Å². The molecule has 0 atom stereocenters. The summed E-state index contributed by atoms with van der Waals surface area (Å²) in [4.78, 5) is 24.1. The molecule has 2 aromatic carbocycles. The first kappa shape index (κ1) is 21.2. The summed E-state index contributed by atoms with van der Waals surface area (Å²) in [5.41, 5.74) is 6.96. The molecule has 1 saturated heterocycles. The first-order valence-corrected chi connectivity index (χ1v) is 11.4. The zero-order valence-electron chi connectivity index (χ0n) is 18.0. The van der Waals surface area contributed by atoms with E-state index in [4.69, 9.17) is 11.6 Å². The quantitative estimate of drug-likeness (QED) is 0.513. The van der Waals surface area contributed by atoms with Gasteiger partial charge in [-0.2, -0.15) is 0 Å². The van der Waals surface area contributed by atoms with Crippen LogP contribution in [-0.4, -0.2) is 11.1 Å². The van der Waals surface area contributed by atoms with E-state index in [0.29, 0.717) is 9.93 Å². The van der Waals surface area contributed by atoms with E-state index in [1.165, 1.54) is 11.1 Å². The molecule has 5 heteroatoms. The van der Waals surface area contributed by atoms with Crippen molar-refractivity contribution in [1.29, 1.82) is 0 Å². The molecule has 1 fully saturated rings. The fourth-order valence-electron chi connectivity index (χ4n) is 4.50. The van der Waals surface area contributed by atoms with Crippen LogP contribution in [0.2, 0.25) is 5.02 Å². The van der Waals surface area contributed by atoms with Gasteiger partial charge in [0.2, 0.25) is 0 Å². The van der Waals surface area contributed by atoms with Crippen molar-refractivity contribution in [2.24, 2.45) is 0 Å². The number of fused-ring (bicyclic) bond motifs is 1. The number of benzene rings is 2. The lowest BCUT2D eigenvalue weighted by atomic mass is 9.62. The molecule has 4 rings (SSSR count). The average molecular weight is 440 g/mol. The largest absolute Gasteiger partial charge is 0.290 e. The number of nitrogens with one attached hydrogen (secondary N) is 1. The Balaban J connectivity index is 1.94. The monoisotopic (exact) mass is 439 g/mol. The van der Waals surface area contributed by atoms with Gasteiger partial charge < -0.3 is 0 Å². The molecule has 2 aromatic rings. The lowest BCUT2D eigenvalue weighted by Gasteiger charge is -2.42. The predicted molar refractivity (Wildman–Crippen MR) is 126 cm³/mol. The fraction of sp³-hybridized carbons (Fsp3) is 0.360. The average Bonchev–Trinajstić information content (AvgIpc) is 2.97. The molecular weight excluding hydrogens is 414 g/mol. The summed E-state index contributed by atoms with van der Waals surface area (Å²) < 4.78 is 0. The third kappa shape index (κ3) is 3.61. The van der Waals surface area contributed by atoms with Crippen molar-refractivity contribution in [3.8, 4) is 11.1 Å². The number of hydrogen-bond donors (Lipinski definition) is 1. The fourth-order valence-corrected chi connectivity index (χ4v) is 5.46. The minimum Gasteiger partial charge on any atom is -0.282 e. The van der Waals surface area contributed by atoms with Crippen LogP contribution in [0.5, 0.6) is 0 Å². The Kier molecular flexibility index (Phi) is 5.14. The minimum absolute atomic E-state index is 0.0841. The second-order valence-corrected chi connectivity index (χ2v) is 11.0. The topological polar surface area (TPSA) is 46.2 Å². The zero-order valence-corrected chi connectivity index (χ0v) is 19.6. The Morgan fingerprint density at radius 2 is 1.67 bits per heavy atom. The van der Waals surface area contributed by atoms with Crippen LogP contribution in [0.3, 0.4) is 0 Å². The Bertz CT molecular complexity index is 1110. The van der Waals surface area contributed by atoms with Crippen molar-refractivity contribution in [2.75, 3.05) is 0 Å². The number of halogens is 1. The molecule has 1 heterocycles. The Labute approximate surface area is 187 Å². The molecule has 2 aliphatic rings. The third-order valence-electron chi connectivity index (χ3n) is 6.44. The molecular formula is C25H26ClNO2S. The van der Waals surface area contributed by atoms with Crippen LogP contribution >= 0.6 is 23.4 Å². The third-order valence-corrected chi connectivity index (χ3v) is 7.57. The first-order valence-electron chi connectivity index (χ1n) is 10.2. The molecule has 2 amide bonds. The van der Waals surface area contributed by atoms with E-state index in [1.54, 1.807) is 6.08 Å². The van der Waals surface area contributed by atoms with E-state index in [0.717, 1.165) is 46.9 Å². The Morgan fingerprint density at radius 3 is 2.27 bits per heavy atom. The number of aryl methyl sites for hydroxylation is 1. The van der Waals surface area contributed by atoms with Gasteiger partial charge in [-0.3, -0.25) is 14.9 Å².